The summed E-state index contributed by atoms with van der Waals surface area (Å²) in [4.78, 5) is 6.99. The first-order valence-corrected chi connectivity index (χ1v) is 8.79. The summed E-state index contributed by atoms with van der Waals surface area (Å²) in [6, 6.07) is 4.87. The van der Waals surface area contributed by atoms with E-state index >= 15 is 0 Å². The van der Waals surface area contributed by atoms with E-state index in [1.807, 2.05) is 0 Å². The minimum Gasteiger partial charge on any atom is -0.397 e. The lowest BCUT2D eigenvalue weighted by Crippen LogP contribution is -2.35. The number of nitrogen functional groups attached to an aromatic ring is 1. The molecule has 3 rings (SSSR count). The fourth-order valence-corrected chi connectivity index (χ4v) is 4.39. The van der Waals surface area contributed by atoms with Crippen LogP contribution in [0.15, 0.2) is 12.1 Å². The van der Waals surface area contributed by atoms with Crippen molar-refractivity contribution in [1.82, 2.24) is 4.98 Å². The molecule has 2 aromatic rings. The molecule has 0 saturated heterocycles. The Morgan fingerprint density at radius 2 is 2.00 bits per heavy atom. The van der Waals surface area contributed by atoms with Crippen LogP contribution >= 0.6 is 11.3 Å². The third-order valence-corrected chi connectivity index (χ3v) is 5.90. The summed E-state index contributed by atoms with van der Waals surface area (Å²) < 4.78 is 1.19. The quantitative estimate of drug-likeness (QED) is 0.843. The van der Waals surface area contributed by atoms with Crippen LogP contribution in [0, 0.1) is 12.8 Å². The van der Waals surface area contributed by atoms with Gasteiger partial charge in [-0.2, -0.15) is 0 Å². The van der Waals surface area contributed by atoms with Crippen LogP contribution in [0.1, 0.15) is 44.0 Å². The number of hydrogen-bond donors (Lipinski definition) is 1. The van der Waals surface area contributed by atoms with Gasteiger partial charge in [0.2, 0.25) is 0 Å². The number of aromatic nitrogens is 1. The highest BCUT2D eigenvalue weighted by Crippen LogP contribution is 2.36. The van der Waals surface area contributed by atoms with Crippen molar-refractivity contribution in [1.29, 1.82) is 0 Å². The molecule has 1 aliphatic rings. The summed E-state index contributed by atoms with van der Waals surface area (Å²) in [5, 5.41) is 1.10. The lowest BCUT2D eigenvalue weighted by Gasteiger charge is -2.36. The van der Waals surface area contributed by atoms with Crippen molar-refractivity contribution in [2.45, 2.75) is 52.0 Å². The number of anilines is 2. The van der Waals surface area contributed by atoms with Gasteiger partial charge in [0.1, 0.15) is 0 Å². The molecule has 0 atom stereocenters. The normalized spacial score (nSPS) is 22.6. The van der Waals surface area contributed by atoms with Crippen molar-refractivity contribution < 1.29 is 0 Å². The molecule has 0 radical (unpaired) electrons. The van der Waals surface area contributed by atoms with Crippen LogP contribution in [0.4, 0.5) is 11.4 Å². The van der Waals surface area contributed by atoms with Gasteiger partial charge < -0.3 is 10.6 Å². The van der Waals surface area contributed by atoms with Crippen molar-refractivity contribution in [2.24, 2.45) is 5.92 Å². The van der Waals surface area contributed by atoms with Gasteiger partial charge in [-0.15, -0.1) is 11.3 Å². The largest absolute Gasteiger partial charge is 0.397 e. The van der Waals surface area contributed by atoms with Crippen LogP contribution in [0.2, 0.25) is 0 Å². The van der Waals surface area contributed by atoms with E-state index in [2.05, 4.69) is 42.9 Å². The third kappa shape index (κ3) is 2.86. The average molecular weight is 303 g/mol. The minimum atomic E-state index is 0.618. The first-order chi connectivity index (χ1) is 10.1. The lowest BCUT2D eigenvalue weighted by molar-refractivity contribution is 0.313. The highest BCUT2D eigenvalue weighted by atomic mass is 32.1. The average Bonchev–Trinajstić information content (AvgIpc) is 2.85. The van der Waals surface area contributed by atoms with E-state index in [1.54, 1.807) is 11.3 Å². The Kier molecular flexibility index (Phi) is 4.07. The van der Waals surface area contributed by atoms with Crippen LogP contribution in [0.25, 0.3) is 10.2 Å². The number of fused-ring (bicyclic) bond motifs is 1. The molecule has 0 bridgehead atoms. The fraction of sp³-hybridized carbons (Fsp3) is 0.588. The van der Waals surface area contributed by atoms with E-state index < -0.39 is 0 Å². The molecule has 1 saturated carbocycles. The Bertz CT molecular complexity index is 626. The summed E-state index contributed by atoms with van der Waals surface area (Å²) in [6.45, 7) is 4.36. The second-order valence-corrected chi connectivity index (χ2v) is 7.54. The Labute approximate surface area is 131 Å². The molecule has 0 aliphatic heterocycles. The van der Waals surface area contributed by atoms with Gasteiger partial charge in [0, 0.05) is 13.1 Å². The molecule has 3 nitrogen and oxygen atoms in total. The molecule has 21 heavy (non-hydrogen) atoms. The zero-order valence-corrected chi connectivity index (χ0v) is 14.0. The first kappa shape index (κ1) is 14.6. The number of hydrogen-bond acceptors (Lipinski definition) is 4. The standard InChI is InChI=1S/C17H25N3S/c1-4-12-5-7-13(8-6-12)20(3)16-10-15-17(9-14(16)18)21-11(2)19-15/h9-10,12-13H,4-8,18H2,1-3H3. The summed E-state index contributed by atoms with van der Waals surface area (Å²) in [6.07, 6.45) is 6.58. The fourth-order valence-electron chi connectivity index (χ4n) is 3.54. The van der Waals surface area contributed by atoms with Crippen molar-refractivity contribution in [3.63, 3.8) is 0 Å². The van der Waals surface area contributed by atoms with E-state index in [-0.39, 0.29) is 0 Å². The molecular formula is C17H25N3S. The van der Waals surface area contributed by atoms with Gasteiger partial charge in [-0.1, -0.05) is 13.3 Å². The third-order valence-electron chi connectivity index (χ3n) is 4.97. The highest BCUT2D eigenvalue weighted by molar-refractivity contribution is 7.18. The maximum Gasteiger partial charge on any atom is 0.0907 e. The summed E-state index contributed by atoms with van der Waals surface area (Å²) in [5.41, 5.74) is 9.40. The molecule has 0 unspecified atom stereocenters. The van der Waals surface area contributed by atoms with Gasteiger partial charge in [-0.3, -0.25) is 0 Å². The summed E-state index contributed by atoms with van der Waals surface area (Å²) >= 11 is 1.72. The SMILES string of the molecule is CCC1CCC(N(C)c2cc3nc(C)sc3cc2N)CC1. The molecule has 0 spiro atoms. The van der Waals surface area contributed by atoms with Crippen LogP contribution in [0.5, 0.6) is 0 Å². The molecule has 0 amide bonds. The first-order valence-electron chi connectivity index (χ1n) is 7.98. The van der Waals surface area contributed by atoms with Gasteiger partial charge in [0.15, 0.2) is 0 Å². The van der Waals surface area contributed by atoms with Gasteiger partial charge in [0.05, 0.1) is 26.6 Å². The van der Waals surface area contributed by atoms with E-state index in [9.17, 15) is 0 Å². The number of thiazole rings is 1. The second-order valence-electron chi connectivity index (χ2n) is 6.31. The Hall–Kier alpha value is -1.29. The van der Waals surface area contributed by atoms with E-state index in [0.717, 1.165) is 27.8 Å². The monoisotopic (exact) mass is 303 g/mol. The van der Waals surface area contributed by atoms with Crippen LogP contribution in [0.3, 0.4) is 0 Å². The van der Waals surface area contributed by atoms with Crippen LogP contribution in [-0.4, -0.2) is 18.1 Å². The molecule has 114 valence electrons. The van der Waals surface area contributed by atoms with Crippen molar-refractivity contribution in [2.75, 3.05) is 17.7 Å². The zero-order chi connectivity index (χ0) is 15.0. The number of nitrogens with two attached hydrogens (primary N) is 1. The summed E-state index contributed by atoms with van der Waals surface area (Å²) in [5.74, 6) is 0.927. The number of benzene rings is 1. The molecule has 2 N–H and O–H groups in total. The lowest BCUT2D eigenvalue weighted by atomic mass is 9.84. The highest BCUT2D eigenvalue weighted by Gasteiger charge is 2.24. The number of rotatable bonds is 3. The Morgan fingerprint density at radius 1 is 1.29 bits per heavy atom. The predicted octanol–water partition coefficient (Wildman–Crippen LogP) is 4.59. The van der Waals surface area contributed by atoms with Gasteiger partial charge in [-0.05, 0) is 50.7 Å². The van der Waals surface area contributed by atoms with E-state index in [4.69, 9.17) is 5.73 Å². The van der Waals surface area contributed by atoms with Crippen molar-refractivity contribution in [3.8, 4) is 0 Å². The molecule has 1 aromatic heterocycles. The van der Waals surface area contributed by atoms with Crippen LogP contribution in [-0.2, 0) is 0 Å². The topological polar surface area (TPSA) is 42.2 Å². The van der Waals surface area contributed by atoms with Crippen LogP contribution < -0.4 is 10.6 Å². The minimum absolute atomic E-state index is 0.618. The molecule has 1 heterocycles. The molecule has 1 aliphatic carbocycles. The van der Waals surface area contributed by atoms with Crippen molar-refractivity contribution in [3.05, 3.63) is 17.1 Å². The van der Waals surface area contributed by atoms with Gasteiger partial charge in [0.25, 0.3) is 0 Å². The van der Waals surface area contributed by atoms with Gasteiger partial charge >= 0.3 is 0 Å². The number of nitrogens with zero attached hydrogens (tertiary/aromatic N) is 2. The molecule has 4 heteroatoms. The zero-order valence-electron chi connectivity index (χ0n) is 13.2. The Balaban J connectivity index is 1.84. The van der Waals surface area contributed by atoms with E-state index in [1.165, 1.54) is 36.8 Å². The molecular weight excluding hydrogens is 278 g/mol. The molecule has 1 fully saturated rings. The second kappa shape index (κ2) is 5.84. The summed E-state index contributed by atoms with van der Waals surface area (Å²) in [7, 11) is 2.19. The van der Waals surface area contributed by atoms with Crippen molar-refractivity contribution >= 4 is 32.9 Å². The smallest absolute Gasteiger partial charge is 0.0907 e. The Morgan fingerprint density at radius 3 is 2.67 bits per heavy atom. The predicted molar refractivity (Wildman–Crippen MR) is 93.2 cm³/mol. The van der Waals surface area contributed by atoms with Gasteiger partial charge in [-0.25, -0.2) is 4.98 Å². The molecule has 1 aromatic carbocycles. The maximum absolute atomic E-state index is 6.29. The maximum atomic E-state index is 6.29. The van der Waals surface area contributed by atoms with E-state index in [0.29, 0.717) is 6.04 Å². The number of aryl methyl sites for hydroxylation is 1.